The second-order valence-corrected chi connectivity index (χ2v) is 7.67. The van der Waals surface area contributed by atoms with Gasteiger partial charge in [-0.05, 0) is 55.3 Å². The second-order valence-electron chi connectivity index (χ2n) is 7.26. The average molecular weight is 464 g/mol. The van der Waals surface area contributed by atoms with Crippen LogP contribution in [0.1, 0.15) is 16.7 Å². The Labute approximate surface area is 188 Å². The summed E-state index contributed by atoms with van der Waals surface area (Å²) in [7, 11) is 0. The topological polar surface area (TPSA) is 78.6 Å². The van der Waals surface area contributed by atoms with Crippen LogP contribution in [-0.4, -0.2) is 17.7 Å². The van der Waals surface area contributed by atoms with Gasteiger partial charge in [-0.15, -0.1) is 0 Å². The van der Waals surface area contributed by atoms with Gasteiger partial charge in [-0.25, -0.2) is 4.79 Å². The largest absolute Gasteiger partial charge is 0.465 e. The van der Waals surface area contributed by atoms with E-state index < -0.39 is 22.9 Å². The molecule has 0 aromatic heterocycles. The monoisotopic (exact) mass is 463 g/mol. The maximum atomic E-state index is 12.9. The number of halogens is 4. The van der Waals surface area contributed by atoms with Crippen LogP contribution in [0.3, 0.4) is 0 Å². The molecule has 0 bridgehead atoms. The van der Waals surface area contributed by atoms with Gasteiger partial charge in [0.1, 0.15) is 0 Å². The summed E-state index contributed by atoms with van der Waals surface area (Å²) in [4.78, 5) is 12.9. The number of nitrogens with one attached hydrogen (secondary N) is 1. The Morgan fingerprint density at radius 3 is 2.28 bits per heavy atom. The van der Waals surface area contributed by atoms with Crippen molar-refractivity contribution >= 4 is 40.4 Å². The van der Waals surface area contributed by atoms with E-state index in [-0.39, 0.29) is 17.9 Å². The van der Waals surface area contributed by atoms with E-state index in [0.717, 1.165) is 23.3 Å². The molecule has 0 radical (unpaired) electrons. The van der Waals surface area contributed by atoms with Crippen molar-refractivity contribution in [1.82, 2.24) is 0 Å². The molecule has 0 aliphatic rings. The van der Waals surface area contributed by atoms with Crippen molar-refractivity contribution in [2.45, 2.75) is 19.5 Å². The van der Waals surface area contributed by atoms with Crippen molar-refractivity contribution in [1.29, 1.82) is 0 Å². The summed E-state index contributed by atoms with van der Waals surface area (Å²) in [6.45, 7) is 2.20. The molecule has 32 heavy (non-hydrogen) atoms. The number of carboxylic acid groups (broad SMARTS) is 1. The fourth-order valence-corrected chi connectivity index (χ4v) is 3.40. The van der Waals surface area contributed by atoms with Crippen LogP contribution in [0.25, 0.3) is 0 Å². The van der Waals surface area contributed by atoms with E-state index in [4.69, 9.17) is 17.3 Å². The number of carbonyl (C=O) groups is 1. The lowest BCUT2D eigenvalue weighted by atomic mass is 10.1. The normalized spacial score (nSPS) is 11.3. The molecule has 4 N–H and O–H groups in total. The highest BCUT2D eigenvalue weighted by molar-refractivity contribution is 6.32. The number of amides is 1. The highest BCUT2D eigenvalue weighted by Gasteiger charge is 2.33. The van der Waals surface area contributed by atoms with Crippen molar-refractivity contribution in [3.8, 4) is 0 Å². The van der Waals surface area contributed by atoms with Gasteiger partial charge in [-0.2, -0.15) is 13.2 Å². The first kappa shape index (κ1) is 23.3. The SMILES string of the molecule is Cc1ccc(N(CCc2ccc(Nc3cc(Cl)c(C(F)(F)F)cc3N)cc2)C(=O)O)cc1. The molecular weight excluding hydrogens is 443 g/mol. The van der Waals surface area contributed by atoms with Crippen LogP contribution >= 0.6 is 11.6 Å². The van der Waals surface area contributed by atoms with Crippen LogP contribution in [0.5, 0.6) is 0 Å². The standard InChI is InChI=1S/C23H21ClF3N3O2/c1-14-2-8-17(9-3-14)30(22(31)32)11-10-15-4-6-16(7-5-15)29-21-13-19(24)18(12-20(21)28)23(25,26)27/h2-9,12-13,29H,10-11,28H2,1H3,(H,31,32). The molecule has 5 nitrogen and oxygen atoms in total. The summed E-state index contributed by atoms with van der Waals surface area (Å²) in [6.07, 6.45) is -5.15. The van der Waals surface area contributed by atoms with E-state index in [1.54, 1.807) is 36.4 Å². The number of aryl methyl sites for hydroxylation is 1. The van der Waals surface area contributed by atoms with E-state index in [1.165, 1.54) is 4.90 Å². The zero-order chi connectivity index (χ0) is 23.5. The van der Waals surface area contributed by atoms with Gasteiger partial charge in [0, 0.05) is 17.9 Å². The first-order valence-electron chi connectivity index (χ1n) is 9.64. The van der Waals surface area contributed by atoms with Gasteiger partial charge < -0.3 is 16.2 Å². The molecule has 0 aliphatic carbocycles. The van der Waals surface area contributed by atoms with Crippen molar-refractivity contribution in [3.05, 3.63) is 82.4 Å². The molecule has 0 unspecified atom stereocenters. The Kier molecular flexibility index (Phi) is 6.84. The van der Waals surface area contributed by atoms with Crippen molar-refractivity contribution in [3.63, 3.8) is 0 Å². The first-order chi connectivity index (χ1) is 15.0. The number of nitrogens with two attached hydrogens (primary N) is 1. The number of nitrogens with zero attached hydrogens (tertiary/aromatic N) is 1. The van der Waals surface area contributed by atoms with Gasteiger partial charge in [0.25, 0.3) is 0 Å². The molecule has 0 atom stereocenters. The summed E-state index contributed by atoms with van der Waals surface area (Å²) in [5, 5.41) is 12.0. The van der Waals surface area contributed by atoms with Gasteiger partial charge in [-0.3, -0.25) is 4.90 Å². The van der Waals surface area contributed by atoms with Crippen LogP contribution in [0, 0.1) is 6.92 Å². The fourth-order valence-electron chi connectivity index (χ4n) is 3.13. The molecular formula is C23H21ClF3N3O2. The predicted octanol–water partition coefficient (Wildman–Crippen LogP) is 6.72. The smallest absolute Gasteiger partial charge is 0.417 e. The Balaban J connectivity index is 1.68. The van der Waals surface area contributed by atoms with Crippen molar-refractivity contribution in [2.24, 2.45) is 0 Å². The lowest BCUT2D eigenvalue weighted by Crippen LogP contribution is -2.31. The van der Waals surface area contributed by atoms with Crippen LogP contribution in [0.2, 0.25) is 5.02 Å². The molecule has 0 saturated heterocycles. The molecule has 0 aliphatic heterocycles. The third kappa shape index (κ3) is 5.64. The Bertz CT molecular complexity index is 1100. The number of benzene rings is 3. The van der Waals surface area contributed by atoms with Crippen LogP contribution in [0.4, 0.5) is 40.7 Å². The van der Waals surface area contributed by atoms with Crippen LogP contribution < -0.4 is 16.0 Å². The highest BCUT2D eigenvalue weighted by Crippen LogP contribution is 2.39. The average Bonchev–Trinajstić information content (AvgIpc) is 2.72. The summed E-state index contributed by atoms with van der Waals surface area (Å²) < 4.78 is 38.8. The number of hydrogen-bond donors (Lipinski definition) is 3. The molecule has 0 spiro atoms. The molecule has 3 rings (SSSR count). The van der Waals surface area contributed by atoms with Gasteiger partial charge in [0.15, 0.2) is 0 Å². The molecule has 0 heterocycles. The zero-order valence-electron chi connectivity index (χ0n) is 17.1. The van der Waals surface area contributed by atoms with E-state index in [0.29, 0.717) is 17.8 Å². The number of anilines is 4. The minimum atomic E-state index is -4.59. The first-order valence-corrected chi connectivity index (χ1v) is 10.0. The molecule has 3 aromatic rings. The summed E-state index contributed by atoms with van der Waals surface area (Å²) in [5.41, 5.74) is 8.07. The summed E-state index contributed by atoms with van der Waals surface area (Å²) in [6, 6.07) is 16.2. The Hall–Kier alpha value is -3.39. The summed E-state index contributed by atoms with van der Waals surface area (Å²) in [5.74, 6) is 0. The number of hydrogen-bond acceptors (Lipinski definition) is 3. The molecule has 3 aromatic carbocycles. The molecule has 0 saturated carbocycles. The third-order valence-corrected chi connectivity index (χ3v) is 5.19. The van der Waals surface area contributed by atoms with Crippen molar-refractivity contribution < 1.29 is 23.1 Å². The third-order valence-electron chi connectivity index (χ3n) is 4.88. The summed E-state index contributed by atoms with van der Waals surface area (Å²) >= 11 is 5.76. The van der Waals surface area contributed by atoms with E-state index in [9.17, 15) is 23.1 Å². The van der Waals surface area contributed by atoms with Crippen molar-refractivity contribution in [2.75, 3.05) is 22.5 Å². The zero-order valence-corrected chi connectivity index (χ0v) is 17.8. The molecule has 9 heteroatoms. The highest BCUT2D eigenvalue weighted by atomic mass is 35.5. The number of nitrogen functional groups attached to an aromatic ring is 1. The van der Waals surface area contributed by atoms with Crippen LogP contribution in [0.15, 0.2) is 60.7 Å². The van der Waals surface area contributed by atoms with Gasteiger partial charge in [0.05, 0.1) is 22.0 Å². The van der Waals surface area contributed by atoms with Gasteiger partial charge >= 0.3 is 12.3 Å². The van der Waals surface area contributed by atoms with E-state index in [2.05, 4.69) is 5.32 Å². The molecule has 168 valence electrons. The Morgan fingerprint density at radius 2 is 1.72 bits per heavy atom. The molecule has 1 amide bonds. The maximum absolute atomic E-state index is 12.9. The maximum Gasteiger partial charge on any atom is 0.417 e. The number of alkyl halides is 3. The van der Waals surface area contributed by atoms with E-state index >= 15 is 0 Å². The second kappa shape index (κ2) is 9.40. The quantitative estimate of drug-likeness (QED) is 0.354. The fraction of sp³-hybridized carbons (Fsp3) is 0.174. The number of rotatable bonds is 6. The molecule has 0 fully saturated rings. The lowest BCUT2D eigenvalue weighted by molar-refractivity contribution is -0.137. The Morgan fingerprint density at radius 1 is 1.09 bits per heavy atom. The van der Waals surface area contributed by atoms with E-state index in [1.807, 2.05) is 19.1 Å². The van der Waals surface area contributed by atoms with Crippen LogP contribution in [-0.2, 0) is 12.6 Å². The minimum Gasteiger partial charge on any atom is -0.465 e. The minimum absolute atomic E-state index is 0.0824. The van der Waals surface area contributed by atoms with Gasteiger partial charge in [0.2, 0.25) is 0 Å². The lowest BCUT2D eigenvalue weighted by Gasteiger charge is -2.19. The van der Waals surface area contributed by atoms with Gasteiger partial charge in [-0.1, -0.05) is 41.4 Å². The predicted molar refractivity (Wildman–Crippen MR) is 121 cm³/mol.